The number of aromatic nitrogens is 2. The molecule has 0 amide bonds. The SMILES string of the molecule is COC(=O)c1ccc(OCCc2cn(Cc3ccccc3)cn2)cc1. The predicted octanol–water partition coefficient (Wildman–Crippen LogP) is 3.34. The summed E-state index contributed by atoms with van der Waals surface area (Å²) < 4.78 is 12.4. The molecule has 0 bridgehead atoms. The molecule has 3 rings (SSSR count). The zero-order valence-corrected chi connectivity index (χ0v) is 14.1. The van der Waals surface area contributed by atoms with Gasteiger partial charge < -0.3 is 14.0 Å². The van der Waals surface area contributed by atoms with Gasteiger partial charge in [0, 0.05) is 19.2 Å². The van der Waals surface area contributed by atoms with E-state index < -0.39 is 0 Å². The molecule has 0 fully saturated rings. The maximum absolute atomic E-state index is 11.4. The van der Waals surface area contributed by atoms with Crippen molar-refractivity contribution in [3.05, 3.63) is 83.9 Å². The summed E-state index contributed by atoms with van der Waals surface area (Å²) in [5.41, 5.74) is 2.74. The molecule has 0 aliphatic carbocycles. The van der Waals surface area contributed by atoms with E-state index >= 15 is 0 Å². The molecule has 0 radical (unpaired) electrons. The Bertz CT molecular complexity index is 810. The molecule has 2 aromatic carbocycles. The topological polar surface area (TPSA) is 53.4 Å². The van der Waals surface area contributed by atoms with E-state index in [1.165, 1.54) is 12.7 Å². The average molecular weight is 336 g/mol. The van der Waals surface area contributed by atoms with Crippen LogP contribution in [-0.2, 0) is 17.7 Å². The minimum absolute atomic E-state index is 0.351. The third-order valence-electron chi connectivity index (χ3n) is 3.80. The van der Waals surface area contributed by atoms with Crippen LogP contribution < -0.4 is 4.74 Å². The summed E-state index contributed by atoms with van der Waals surface area (Å²) in [6.07, 6.45) is 4.60. The van der Waals surface area contributed by atoms with Crippen LogP contribution in [0.4, 0.5) is 0 Å². The third-order valence-corrected chi connectivity index (χ3v) is 3.80. The van der Waals surface area contributed by atoms with Crippen molar-refractivity contribution in [2.24, 2.45) is 0 Å². The van der Waals surface area contributed by atoms with Gasteiger partial charge in [-0.15, -0.1) is 0 Å². The summed E-state index contributed by atoms with van der Waals surface area (Å²) in [5, 5.41) is 0. The van der Waals surface area contributed by atoms with Gasteiger partial charge in [0.2, 0.25) is 0 Å². The number of carbonyl (C=O) groups excluding carboxylic acids is 1. The maximum Gasteiger partial charge on any atom is 0.337 e. The Morgan fingerprint density at radius 1 is 1.08 bits per heavy atom. The minimum atomic E-state index is -0.351. The van der Waals surface area contributed by atoms with Gasteiger partial charge in [0.15, 0.2) is 0 Å². The van der Waals surface area contributed by atoms with Crippen LogP contribution in [0.15, 0.2) is 67.1 Å². The van der Waals surface area contributed by atoms with Crippen molar-refractivity contribution in [2.45, 2.75) is 13.0 Å². The van der Waals surface area contributed by atoms with E-state index in [9.17, 15) is 4.79 Å². The molecule has 3 aromatic rings. The highest BCUT2D eigenvalue weighted by molar-refractivity contribution is 5.89. The molecular formula is C20H20N2O3. The van der Waals surface area contributed by atoms with Crippen molar-refractivity contribution < 1.29 is 14.3 Å². The number of esters is 1. The van der Waals surface area contributed by atoms with E-state index in [-0.39, 0.29) is 5.97 Å². The molecule has 25 heavy (non-hydrogen) atoms. The Hall–Kier alpha value is -3.08. The molecule has 5 heteroatoms. The molecule has 5 nitrogen and oxygen atoms in total. The summed E-state index contributed by atoms with van der Waals surface area (Å²) in [6, 6.07) is 17.2. The van der Waals surface area contributed by atoms with E-state index in [1.807, 2.05) is 30.7 Å². The first-order chi connectivity index (χ1) is 12.2. The van der Waals surface area contributed by atoms with Gasteiger partial charge in [-0.2, -0.15) is 0 Å². The fourth-order valence-electron chi connectivity index (χ4n) is 2.49. The second-order valence-electron chi connectivity index (χ2n) is 5.64. The smallest absolute Gasteiger partial charge is 0.337 e. The van der Waals surface area contributed by atoms with Crippen molar-refractivity contribution in [2.75, 3.05) is 13.7 Å². The molecule has 0 saturated carbocycles. The first-order valence-corrected chi connectivity index (χ1v) is 8.10. The first kappa shape index (κ1) is 16.8. The Labute approximate surface area is 146 Å². The van der Waals surface area contributed by atoms with Crippen molar-refractivity contribution in [3.8, 4) is 5.75 Å². The van der Waals surface area contributed by atoms with Crippen LogP contribution in [0.5, 0.6) is 5.75 Å². The molecule has 0 saturated heterocycles. The molecule has 1 aromatic heterocycles. The highest BCUT2D eigenvalue weighted by Gasteiger charge is 2.05. The lowest BCUT2D eigenvalue weighted by Gasteiger charge is -2.06. The summed E-state index contributed by atoms with van der Waals surface area (Å²) >= 11 is 0. The van der Waals surface area contributed by atoms with Crippen LogP contribution in [-0.4, -0.2) is 29.2 Å². The number of methoxy groups -OCH3 is 1. The number of hydrogen-bond acceptors (Lipinski definition) is 4. The average Bonchev–Trinajstić information content (AvgIpc) is 3.10. The highest BCUT2D eigenvalue weighted by atomic mass is 16.5. The molecule has 0 aliphatic rings. The lowest BCUT2D eigenvalue weighted by atomic mass is 10.2. The molecule has 0 aliphatic heterocycles. The second-order valence-corrected chi connectivity index (χ2v) is 5.64. The monoisotopic (exact) mass is 336 g/mol. The Kier molecular flexibility index (Phi) is 5.46. The number of ether oxygens (including phenoxy) is 2. The van der Waals surface area contributed by atoms with Gasteiger partial charge in [-0.3, -0.25) is 0 Å². The minimum Gasteiger partial charge on any atom is -0.493 e. The van der Waals surface area contributed by atoms with Gasteiger partial charge >= 0.3 is 5.97 Å². The lowest BCUT2D eigenvalue weighted by Crippen LogP contribution is -2.03. The van der Waals surface area contributed by atoms with Crippen LogP contribution in [0, 0.1) is 0 Å². The molecule has 0 atom stereocenters. The summed E-state index contributed by atoms with van der Waals surface area (Å²) in [4.78, 5) is 15.8. The summed E-state index contributed by atoms with van der Waals surface area (Å²) in [7, 11) is 1.36. The van der Waals surface area contributed by atoms with Crippen LogP contribution >= 0.6 is 0 Å². The number of hydrogen-bond donors (Lipinski definition) is 0. The highest BCUT2D eigenvalue weighted by Crippen LogP contribution is 2.13. The quantitative estimate of drug-likeness (QED) is 0.621. The van der Waals surface area contributed by atoms with E-state index in [2.05, 4.69) is 26.4 Å². The fourth-order valence-corrected chi connectivity index (χ4v) is 2.49. The molecule has 1 heterocycles. The predicted molar refractivity (Wildman–Crippen MR) is 94.8 cm³/mol. The lowest BCUT2D eigenvalue weighted by molar-refractivity contribution is 0.0600. The van der Waals surface area contributed by atoms with Gasteiger partial charge in [0.25, 0.3) is 0 Å². The third kappa shape index (κ3) is 4.70. The van der Waals surface area contributed by atoms with Crippen LogP contribution in [0.25, 0.3) is 0 Å². The normalized spacial score (nSPS) is 10.4. The van der Waals surface area contributed by atoms with Crippen molar-refractivity contribution in [1.29, 1.82) is 0 Å². The van der Waals surface area contributed by atoms with Gasteiger partial charge in [-0.25, -0.2) is 9.78 Å². The Morgan fingerprint density at radius 3 is 2.56 bits per heavy atom. The van der Waals surface area contributed by atoms with Crippen LogP contribution in [0.1, 0.15) is 21.6 Å². The Balaban J connectivity index is 1.48. The van der Waals surface area contributed by atoms with Gasteiger partial charge in [0.1, 0.15) is 5.75 Å². The Morgan fingerprint density at radius 2 is 1.84 bits per heavy atom. The zero-order valence-electron chi connectivity index (χ0n) is 14.1. The van der Waals surface area contributed by atoms with Gasteiger partial charge in [0.05, 0.1) is 31.3 Å². The van der Waals surface area contributed by atoms with E-state index in [0.29, 0.717) is 12.2 Å². The molecule has 0 unspecified atom stereocenters. The van der Waals surface area contributed by atoms with Crippen molar-refractivity contribution in [3.63, 3.8) is 0 Å². The molecule has 128 valence electrons. The number of imidazole rings is 1. The molecular weight excluding hydrogens is 316 g/mol. The van der Waals surface area contributed by atoms with Crippen LogP contribution in [0.3, 0.4) is 0 Å². The summed E-state index contributed by atoms with van der Waals surface area (Å²) in [5.74, 6) is 0.367. The number of carbonyl (C=O) groups is 1. The van der Waals surface area contributed by atoms with Gasteiger partial charge in [-0.05, 0) is 29.8 Å². The maximum atomic E-state index is 11.4. The van der Waals surface area contributed by atoms with E-state index in [4.69, 9.17) is 4.74 Å². The number of benzene rings is 2. The zero-order chi connectivity index (χ0) is 17.5. The van der Waals surface area contributed by atoms with E-state index in [1.54, 1.807) is 24.3 Å². The van der Waals surface area contributed by atoms with Crippen molar-refractivity contribution in [1.82, 2.24) is 9.55 Å². The van der Waals surface area contributed by atoms with Gasteiger partial charge in [-0.1, -0.05) is 30.3 Å². The standard InChI is InChI=1S/C20H20N2O3/c1-24-20(23)17-7-9-19(10-8-17)25-12-11-18-14-22(15-21-18)13-16-5-3-2-4-6-16/h2-10,14-15H,11-13H2,1H3. The van der Waals surface area contributed by atoms with E-state index in [0.717, 1.165) is 24.4 Å². The largest absolute Gasteiger partial charge is 0.493 e. The summed E-state index contributed by atoms with van der Waals surface area (Å²) in [6.45, 7) is 1.34. The first-order valence-electron chi connectivity index (χ1n) is 8.10. The number of rotatable bonds is 7. The number of nitrogens with zero attached hydrogens (tertiary/aromatic N) is 2. The fraction of sp³-hybridized carbons (Fsp3) is 0.200. The second kappa shape index (κ2) is 8.15. The molecule has 0 spiro atoms. The molecule has 0 N–H and O–H groups in total. The van der Waals surface area contributed by atoms with Crippen molar-refractivity contribution >= 4 is 5.97 Å². The van der Waals surface area contributed by atoms with Crippen LogP contribution in [0.2, 0.25) is 0 Å².